The van der Waals surface area contributed by atoms with Crippen LogP contribution >= 0.6 is 0 Å². The molecule has 0 aliphatic heterocycles. The quantitative estimate of drug-likeness (QED) is 0.500. The van der Waals surface area contributed by atoms with Gasteiger partial charge in [-0.3, -0.25) is 0 Å². The van der Waals surface area contributed by atoms with Crippen molar-refractivity contribution in [1.82, 2.24) is 14.5 Å². The lowest BCUT2D eigenvalue weighted by atomic mass is 10.1. The molecule has 0 aliphatic carbocycles. The Bertz CT molecular complexity index is 1100. The number of nitrogens with two attached hydrogens (primary N) is 2. The van der Waals surface area contributed by atoms with Gasteiger partial charge in [0.25, 0.3) is 0 Å². The highest BCUT2D eigenvalue weighted by atomic mass is 16.3. The number of aromatic nitrogens is 3. The van der Waals surface area contributed by atoms with Crippen LogP contribution in [0.4, 0.5) is 11.5 Å². The van der Waals surface area contributed by atoms with Crippen LogP contribution in [0.3, 0.4) is 0 Å². The first-order valence-corrected chi connectivity index (χ1v) is 8.06. The number of benzene rings is 2. The van der Waals surface area contributed by atoms with Gasteiger partial charge in [0.1, 0.15) is 11.6 Å². The van der Waals surface area contributed by atoms with Crippen LogP contribution in [-0.4, -0.2) is 19.6 Å². The molecular weight excluding hydrogens is 314 g/mol. The van der Waals surface area contributed by atoms with Crippen LogP contribution < -0.4 is 11.5 Å². The number of fused-ring (bicyclic) bond motifs is 3. The fourth-order valence-corrected chi connectivity index (χ4v) is 3.32. The number of rotatable bonds is 3. The molecule has 0 saturated carbocycles. The molecule has 25 heavy (non-hydrogen) atoms. The third kappa shape index (κ3) is 2.56. The second-order valence-corrected chi connectivity index (χ2v) is 6.18. The minimum Gasteiger partial charge on any atom is -0.399 e. The summed E-state index contributed by atoms with van der Waals surface area (Å²) < 4.78 is 2.12. The average Bonchev–Trinajstić information content (AvgIpc) is 2.98. The SMILES string of the molecule is Cc1nc(N)c2c(ccc3c2ccn3Cc2ccc(N)cc2CO)n1. The number of nitrogens with zero attached hydrogens (tertiary/aromatic N) is 3. The summed E-state index contributed by atoms with van der Waals surface area (Å²) in [5, 5.41) is 11.5. The highest BCUT2D eigenvalue weighted by Crippen LogP contribution is 2.29. The molecule has 2 heterocycles. The number of anilines is 2. The zero-order chi connectivity index (χ0) is 17.6. The minimum atomic E-state index is -0.0391. The van der Waals surface area contributed by atoms with Crippen molar-refractivity contribution >= 4 is 33.3 Å². The van der Waals surface area contributed by atoms with Crippen molar-refractivity contribution in [3.63, 3.8) is 0 Å². The van der Waals surface area contributed by atoms with Crippen molar-refractivity contribution < 1.29 is 5.11 Å². The van der Waals surface area contributed by atoms with Crippen molar-refractivity contribution in [3.8, 4) is 0 Å². The molecule has 0 saturated heterocycles. The van der Waals surface area contributed by atoms with E-state index in [1.54, 1.807) is 0 Å². The van der Waals surface area contributed by atoms with Gasteiger partial charge in [-0.15, -0.1) is 0 Å². The first-order valence-electron chi connectivity index (χ1n) is 8.06. The minimum absolute atomic E-state index is 0.0391. The summed E-state index contributed by atoms with van der Waals surface area (Å²) in [6.45, 7) is 2.43. The van der Waals surface area contributed by atoms with Gasteiger partial charge in [-0.05, 0) is 48.4 Å². The zero-order valence-corrected chi connectivity index (χ0v) is 13.9. The standard InChI is InChI=1S/C19H19N5O/c1-11-22-16-4-5-17-15(18(16)19(21)23-11)6-7-24(17)9-12-2-3-14(20)8-13(12)10-25/h2-8,25H,9-10,20H2,1H3,(H2,21,22,23). The van der Waals surface area contributed by atoms with Crippen molar-refractivity contribution in [2.75, 3.05) is 11.5 Å². The van der Waals surface area contributed by atoms with E-state index in [4.69, 9.17) is 11.5 Å². The second-order valence-electron chi connectivity index (χ2n) is 6.18. The molecule has 0 spiro atoms. The number of hydrogen-bond acceptors (Lipinski definition) is 5. The lowest BCUT2D eigenvalue weighted by molar-refractivity contribution is 0.280. The molecule has 6 heteroatoms. The summed E-state index contributed by atoms with van der Waals surface area (Å²) >= 11 is 0. The second kappa shape index (κ2) is 5.75. The third-order valence-electron chi connectivity index (χ3n) is 4.49. The Balaban J connectivity index is 1.86. The molecule has 0 aliphatic rings. The number of hydrogen-bond donors (Lipinski definition) is 3. The Labute approximate surface area is 144 Å². The summed E-state index contributed by atoms with van der Waals surface area (Å²) in [5.41, 5.74) is 16.4. The molecule has 0 atom stereocenters. The molecular formula is C19H19N5O. The molecule has 4 aromatic rings. The number of aliphatic hydroxyl groups excluding tert-OH is 1. The van der Waals surface area contributed by atoms with E-state index < -0.39 is 0 Å². The monoisotopic (exact) mass is 333 g/mol. The molecule has 126 valence electrons. The van der Waals surface area contributed by atoms with E-state index in [1.807, 2.05) is 49.5 Å². The maximum absolute atomic E-state index is 9.59. The third-order valence-corrected chi connectivity index (χ3v) is 4.49. The van der Waals surface area contributed by atoms with E-state index in [0.29, 0.717) is 23.9 Å². The van der Waals surface area contributed by atoms with Crippen molar-refractivity contribution in [3.05, 3.63) is 59.5 Å². The van der Waals surface area contributed by atoms with Crippen LogP contribution in [0.25, 0.3) is 21.8 Å². The predicted octanol–water partition coefficient (Wildman–Crippen LogP) is 2.60. The van der Waals surface area contributed by atoms with E-state index >= 15 is 0 Å². The van der Waals surface area contributed by atoms with Gasteiger partial charge in [-0.1, -0.05) is 6.07 Å². The number of nitrogen functional groups attached to an aromatic ring is 2. The molecule has 6 nitrogen and oxygen atoms in total. The van der Waals surface area contributed by atoms with Gasteiger partial charge >= 0.3 is 0 Å². The predicted molar refractivity (Wildman–Crippen MR) is 100 cm³/mol. The first-order chi connectivity index (χ1) is 12.1. The largest absolute Gasteiger partial charge is 0.399 e. The van der Waals surface area contributed by atoms with Gasteiger partial charge in [-0.2, -0.15) is 0 Å². The van der Waals surface area contributed by atoms with Crippen LogP contribution in [0.15, 0.2) is 42.6 Å². The highest BCUT2D eigenvalue weighted by Gasteiger charge is 2.11. The zero-order valence-electron chi connectivity index (χ0n) is 13.9. The topological polar surface area (TPSA) is 103 Å². The van der Waals surface area contributed by atoms with E-state index in [-0.39, 0.29) is 6.61 Å². The van der Waals surface area contributed by atoms with Crippen LogP contribution in [0.5, 0.6) is 0 Å². The lowest BCUT2D eigenvalue weighted by Crippen LogP contribution is -2.03. The van der Waals surface area contributed by atoms with Gasteiger partial charge in [0.15, 0.2) is 0 Å². The molecule has 4 rings (SSSR count). The van der Waals surface area contributed by atoms with Crippen LogP contribution in [0.1, 0.15) is 17.0 Å². The molecule has 0 unspecified atom stereocenters. The molecule has 0 fully saturated rings. The van der Waals surface area contributed by atoms with Crippen LogP contribution in [0, 0.1) is 6.92 Å². The normalized spacial score (nSPS) is 11.4. The van der Waals surface area contributed by atoms with E-state index in [1.165, 1.54) is 0 Å². The Morgan fingerprint density at radius 3 is 2.68 bits per heavy atom. The molecule has 0 bridgehead atoms. The van der Waals surface area contributed by atoms with Crippen LogP contribution in [-0.2, 0) is 13.2 Å². The van der Waals surface area contributed by atoms with Crippen molar-refractivity contribution in [1.29, 1.82) is 0 Å². The Morgan fingerprint density at radius 1 is 1.04 bits per heavy atom. The first kappa shape index (κ1) is 15.4. The van der Waals surface area contributed by atoms with Crippen LogP contribution in [0.2, 0.25) is 0 Å². The number of aliphatic hydroxyl groups is 1. The van der Waals surface area contributed by atoms with Gasteiger partial charge in [0, 0.05) is 29.3 Å². The number of aryl methyl sites for hydroxylation is 1. The maximum Gasteiger partial charge on any atom is 0.135 e. The van der Waals surface area contributed by atoms with Crippen molar-refractivity contribution in [2.24, 2.45) is 0 Å². The summed E-state index contributed by atoms with van der Waals surface area (Å²) in [6, 6.07) is 11.7. The molecule has 0 amide bonds. The average molecular weight is 333 g/mol. The van der Waals surface area contributed by atoms with Gasteiger partial charge in [0.05, 0.1) is 17.5 Å². The fourth-order valence-electron chi connectivity index (χ4n) is 3.32. The van der Waals surface area contributed by atoms with Crippen molar-refractivity contribution in [2.45, 2.75) is 20.1 Å². The van der Waals surface area contributed by atoms with E-state index in [2.05, 4.69) is 14.5 Å². The molecule has 5 N–H and O–H groups in total. The summed E-state index contributed by atoms with van der Waals surface area (Å²) in [5.74, 6) is 1.16. The van der Waals surface area contributed by atoms with E-state index in [9.17, 15) is 5.11 Å². The molecule has 0 radical (unpaired) electrons. The fraction of sp³-hybridized carbons (Fsp3) is 0.158. The highest BCUT2D eigenvalue weighted by molar-refractivity contribution is 6.10. The summed E-state index contributed by atoms with van der Waals surface area (Å²) in [6.07, 6.45) is 2.01. The van der Waals surface area contributed by atoms with E-state index in [0.717, 1.165) is 32.9 Å². The summed E-state index contributed by atoms with van der Waals surface area (Å²) in [4.78, 5) is 8.76. The lowest BCUT2D eigenvalue weighted by Gasteiger charge is -2.11. The Kier molecular flexibility index (Phi) is 3.54. The van der Waals surface area contributed by atoms with Gasteiger partial charge < -0.3 is 21.1 Å². The Morgan fingerprint density at radius 2 is 1.88 bits per heavy atom. The molecule has 2 aromatic heterocycles. The van der Waals surface area contributed by atoms with Gasteiger partial charge in [0.2, 0.25) is 0 Å². The molecule has 2 aromatic carbocycles. The maximum atomic E-state index is 9.59. The van der Waals surface area contributed by atoms with Gasteiger partial charge in [-0.25, -0.2) is 9.97 Å². The Hall–Kier alpha value is -3.12. The smallest absolute Gasteiger partial charge is 0.135 e. The summed E-state index contributed by atoms with van der Waals surface area (Å²) in [7, 11) is 0.